The highest BCUT2D eigenvalue weighted by Crippen LogP contribution is 2.46. The minimum absolute atomic E-state index is 0.0501. The second kappa shape index (κ2) is 4.43. The van der Waals surface area contributed by atoms with Crippen LogP contribution in [0.4, 0.5) is 4.39 Å². The largest absolute Gasteiger partial charge is 0.489 e. The van der Waals surface area contributed by atoms with Crippen LogP contribution in [0.1, 0.15) is 31.2 Å². The fourth-order valence-electron chi connectivity index (χ4n) is 2.75. The Morgan fingerprint density at radius 3 is 2.61 bits per heavy atom. The maximum atomic E-state index is 14.1. The summed E-state index contributed by atoms with van der Waals surface area (Å²) in [7, 11) is 0. The average Bonchev–Trinajstić information content (AvgIpc) is 2.54. The molecule has 0 atom stereocenters. The third kappa shape index (κ3) is 1.75. The number of nitrogens with two attached hydrogens (primary N) is 1. The van der Waals surface area contributed by atoms with Crippen LogP contribution in [0.3, 0.4) is 0 Å². The fraction of sp³-hybridized carbons (Fsp3) is 0.571. The van der Waals surface area contributed by atoms with Crippen molar-refractivity contribution in [2.45, 2.75) is 31.1 Å². The lowest BCUT2D eigenvalue weighted by molar-refractivity contribution is 0.249. The van der Waals surface area contributed by atoms with E-state index in [1.165, 1.54) is 0 Å². The molecule has 3 rings (SSSR count). The van der Waals surface area contributed by atoms with Gasteiger partial charge in [-0.25, -0.2) is 4.39 Å². The molecule has 4 heteroatoms. The standard InChI is InChI=1S/C14H18FNO2/c15-11-7-10(14(9-16)3-1-4-14)8-12-13(11)18-6-2-5-17-12/h7-8H,1-6,9,16H2. The first-order chi connectivity index (χ1) is 8.75. The molecule has 18 heavy (non-hydrogen) atoms. The number of fused-ring (bicyclic) bond motifs is 1. The molecule has 0 amide bonds. The highest BCUT2D eigenvalue weighted by molar-refractivity contribution is 5.47. The second-order valence-corrected chi connectivity index (χ2v) is 5.17. The van der Waals surface area contributed by atoms with Crippen LogP contribution in [0.15, 0.2) is 12.1 Å². The third-order valence-electron chi connectivity index (χ3n) is 4.12. The number of hydrogen-bond acceptors (Lipinski definition) is 3. The molecule has 1 fully saturated rings. The fourth-order valence-corrected chi connectivity index (χ4v) is 2.75. The van der Waals surface area contributed by atoms with E-state index < -0.39 is 0 Å². The molecule has 0 aromatic heterocycles. The Bertz CT molecular complexity index is 452. The zero-order chi connectivity index (χ0) is 12.6. The van der Waals surface area contributed by atoms with Crippen molar-refractivity contribution in [3.05, 3.63) is 23.5 Å². The zero-order valence-corrected chi connectivity index (χ0v) is 10.4. The van der Waals surface area contributed by atoms with Crippen LogP contribution in [-0.2, 0) is 5.41 Å². The molecular formula is C14H18FNO2. The van der Waals surface area contributed by atoms with Crippen LogP contribution in [0.5, 0.6) is 11.5 Å². The summed E-state index contributed by atoms with van der Waals surface area (Å²) in [6.07, 6.45) is 4.00. The van der Waals surface area contributed by atoms with Gasteiger partial charge in [-0.05, 0) is 30.5 Å². The molecule has 0 radical (unpaired) electrons. The Balaban J connectivity index is 2.02. The molecule has 0 unspecified atom stereocenters. The molecule has 3 nitrogen and oxygen atoms in total. The van der Waals surface area contributed by atoms with E-state index in [1.54, 1.807) is 6.07 Å². The van der Waals surface area contributed by atoms with E-state index in [-0.39, 0.29) is 17.0 Å². The van der Waals surface area contributed by atoms with Gasteiger partial charge in [-0.1, -0.05) is 6.42 Å². The van der Waals surface area contributed by atoms with E-state index in [0.717, 1.165) is 31.2 Å². The Kier molecular flexibility index (Phi) is 2.90. The summed E-state index contributed by atoms with van der Waals surface area (Å²) in [6.45, 7) is 1.64. The molecule has 1 aromatic rings. The monoisotopic (exact) mass is 251 g/mol. The van der Waals surface area contributed by atoms with Crippen molar-refractivity contribution < 1.29 is 13.9 Å². The molecule has 1 heterocycles. The summed E-state index contributed by atoms with van der Waals surface area (Å²) in [5.74, 6) is 0.453. The first-order valence-electron chi connectivity index (χ1n) is 6.55. The molecule has 0 bridgehead atoms. The summed E-state index contributed by atoms with van der Waals surface area (Å²) < 4.78 is 25.1. The van der Waals surface area contributed by atoms with Gasteiger partial charge < -0.3 is 15.2 Å². The Morgan fingerprint density at radius 2 is 1.94 bits per heavy atom. The normalized spacial score (nSPS) is 21.0. The van der Waals surface area contributed by atoms with E-state index in [9.17, 15) is 4.39 Å². The van der Waals surface area contributed by atoms with E-state index in [4.69, 9.17) is 15.2 Å². The molecule has 1 saturated carbocycles. The number of ether oxygens (including phenoxy) is 2. The quantitative estimate of drug-likeness (QED) is 0.877. The summed E-state index contributed by atoms with van der Waals surface area (Å²) in [5, 5.41) is 0. The van der Waals surface area contributed by atoms with Gasteiger partial charge in [0.05, 0.1) is 13.2 Å². The average molecular weight is 251 g/mol. The SMILES string of the molecule is NCC1(c2cc(F)c3c(c2)OCCCO3)CCC1. The summed E-state index contributed by atoms with van der Waals surface area (Å²) >= 11 is 0. The lowest BCUT2D eigenvalue weighted by Gasteiger charge is -2.41. The van der Waals surface area contributed by atoms with Gasteiger partial charge in [0.1, 0.15) is 0 Å². The van der Waals surface area contributed by atoms with Crippen molar-refractivity contribution in [1.82, 2.24) is 0 Å². The molecule has 0 spiro atoms. The van der Waals surface area contributed by atoms with Crippen LogP contribution in [0.25, 0.3) is 0 Å². The van der Waals surface area contributed by atoms with E-state index >= 15 is 0 Å². The maximum Gasteiger partial charge on any atom is 0.197 e. The van der Waals surface area contributed by atoms with Crippen molar-refractivity contribution in [2.75, 3.05) is 19.8 Å². The van der Waals surface area contributed by atoms with Gasteiger partial charge in [0.2, 0.25) is 0 Å². The molecule has 1 aliphatic carbocycles. The van der Waals surface area contributed by atoms with Crippen LogP contribution < -0.4 is 15.2 Å². The van der Waals surface area contributed by atoms with Crippen molar-refractivity contribution in [2.24, 2.45) is 5.73 Å². The van der Waals surface area contributed by atoms with Crippen LogP contribution >= 0.6 is 0 Å². The number of hydrogen-bond donors (Lipinski definition) is 1. The summed E-state index contributed by atoms with van der Waals surface area (Å²) in [6, 6.07) is 3.48. The first kappa shape index (κ1) is 11.8. The minimum Gasteiger partial charge on any atom is -0.489 e. The van der Waals surface area contributed by atoms with Crippen LogP contribution in [-0.4, -0.2) is 19.8 Å². The maximum absolute atomic E-state index is 14.1. The molecule has 2 N–H and O–H groups in total. The smallest absolute Gasteiger partial charge is 0.197 e. The van der Waals surface area contributed by atoms with Gasteiger partial charge in [0.15, 0.2) is 17.3 Å². The lowest BCUT2D eigenvalue weighted by Crippen LogP contribution is -2.41. The van der Waals surface area contributed by atoms with Crippen molar-refractivity contribution in [3.63, 3.8) is 0 Å². The predicted molar refractivity (Wildman–Crippen MR) is 66.6 cm³/mol. The number of rotatable bonds is 2. The minimum atomic E-state index is -0.330. The van der Waals surface area contributed by atoms with E-state index in [0.29, 0.717) is 25.5 Å². The van der Waals surface area contributed by atoms with Crippen molar-refractivity contribution in [3.8, 4) is 11.5 Å². The van der Waals surface area contributed by atoms with Gasteiger partial charge in [-0.2, -0.15) is 0 Å². The molecular weight excluding hydrogens is 233 g/mol. The zero-order valence-electron chi connectivity index (χ0n) is 10.4. The van der Waals surface area contributed by atoms with Crippen LogP contribution in [0, 0.1) is 5.82 Å². The predicted octanol–water partition coefficient (Wildman–Crippen LogP) is 2.37. The van der Waals surface area contributed by atoms with Gasteiger partial charge in [0.25, 0.3) is 0 Å². The molecule has 2 aliphatic rings. The Morgan fingerprint density at radius 1 is 1.17 bits per heavy atom. The molecule has 1 aromatic carbocycles. The summed E-state index contributed by atoms with van der Waals surface area (Å²) in [4.78, 5) is 0. The molecule has 1 aliphatic heterocycles. The highest BCUT2D eigenvalue weighted by atomic mass is 19.1. The van der Waals surface area contributed by atoms with Crippen LogP contribution in [0.2, 0.25) is 0 Å². The second-order valence-electron chi connectivity index (χ2n) is 5.17. The van der Waals surface area contributed by atoms with Gasteiger partial charge in [0, 0.05) is 18.4 Å². The topological polar surface area (TPSA) is 44.5 Å². The number of halogens is 1. The van der Waals surface area contributed by atoms with Gasteiger partial charge in [-0.3, -0.25) is 0 Å². The lowest BCUT2D eigenvalue weighted by atomic mass is 9.64. The Hall–Kier alpha value is -1.29. The van der Waals surface area contributed by atoms with E-state index in [2.05, 4.69) is 0 Å². The van der Waals surface area contributed by atoms with E-state index in [1.807, 2.05) is 6.07 Å². The van der Waals surface area contributed by atoms with Gasteiger partial charge in [-0.15, -0.1) is 0 Å². The van der Waals surface area contributed by atoms with Gasteiger partial charge >= 0.3 is 0 Å². The molecule has 98 valence electrons. The summed E-state index contributed by atoms with van der Waals surface area (Å²) in [5.41, 5.74) is 6.77. The Labute approximate surface area is 106 Å². The first-order valence-corrected chi connectivity index (χ1v) is 6.55. The third-order valence-corrected chi connectivity index (χ3v) is 4.12. The van der Waals surface area contributed by atoms with Crippen molar-refractivity contribution in [1.29, 1.82) is 0 Å². The van der Waals surface area contributed by atoms with Crippen molar-refractivity contribution >= 4 is 0 Å². The highest BCUT2D eigenvalue weighted by Gasteiger charge is 2.38. The number of benzene rings is 1. The molecule has 0 saturated heterocycles.